The normalized spacial score (nSPS) is 11.9. The molecule has 0 bridgehead atoms. The zero-order valence-electron chi connectivity index (χ0n) is 15.8. The maximum atomic E-state index is 4.86. The van der Waals surface area contributed by atoms with Crippen LogP contribution in [0.4, 0.5) is 0 Å². The van der Waals surface area contributed by atoms with Crippen LogP contribution in [0.5, 0.6) is 0 Å². The van der Waals surface area contributed by atoms with E-state index in [0.717, 1.165) is 52.1 Å². The largest absolute Gasteiger partial charge is 0.248 e. The summed E-state index contributed by atoms with van der Waals surface area (Å²) in [4.78, 5) is 4.86. The molecule has 1 aromatic carbocycles. The van der Waals surface area contributed by atoms with Crippen molar-refractivity contribution >= 4 is 17.2 Å². The van der Waals surface area contributed by atoms with E-state index < -0.39 is 0 Å². The molecule has 0 unspecified atom stereocenters. The molecule has 2 rings (SSSR count). The highest BCUT2D eigenvalue weighted by atomic mass is 14.7. The van der Waals surface area contributed by atoms with Gasteiger partial charge in [0.05, 0.1) is 11.4 Å². The molecule has 132 valence electrons. The van der Waals surface area contributed by atoms with Gasteiger partial charge < -0.3 is 0 Å². The summed E-state index contributed by atoms with van der Waals surface area (Å²) in [5.41, 5.74) is 7.34. The van der Waals surface area contributed by atoms with Gasteiger partial charge in [0.15, 0.2) is 0 Å². The summed E-state index contributed by atoms with van der Waals surface area (Å²) in [6, 6.07) is 12.6. The van der Waals surface area contributed by atoms with Gasteiger partial charge in [-0.15, -0.1) is 0 Å². The minimum absolute atomic E-state index is 0.923. The molecule has 0 spiro atoms. The molecule has 0 fully saturated rings. The molecule has 1 heterocycles. The summed E-state index contributed by atoms with van der Waals surface area (Å²) in [7, 11) is 0. The van der Waals surface area contributed by atoms with E-state index in [4.69, 9.17) is 4.98 Å². The lowest BCUT2D eigenvalue weighted by Gasteiger charge is -2.11. The second-order valence-electron chi connectivity index (χ2n) is 6.05. The van der Waals surface area contributed by atoms with Crippen LogP contribution in [0.2, 0.25) is 0 Å². The fourth-order valence-electron chi connectivity index (χ4n) is 2.77. The molecule has 1 nitrogen and oxygen atoms in total. The SMILES string of the molecule is C=C/C(=C\C)c1cc(-c2ccc(C=C)cc2)cc(/C(C=C)=C/CCC)n1. The molecule has 0 amide bonds. The summed E-state index contributed by atoms with van der Waals surface area (Å²) >= 11 is 0. The quantitative estimate of drug-likeness (QED) is 0.457. The summed E-state index contributed by atoms with van der Waals surface area (Å²) < 4.78 is 0. The monoisotopic (exact) mass is 341 g/mol. The smallest absolute Gasteiger partial charge is 0.0712 e. The third-order valence-electron chi connectivity index (χ3n) is 4.30. The van der Waals surface area contributed by atoms with Crippen molar-refractivity contribution < 1.29 is 0 Å². The van der Waals surface area contributed by atoms with Crippen molar-refractivity contribution in [2.45, 2.75) is 26.7 Å². The summed E-state index contributed by atoms with van der Waals surface area (Å²) in [5.74, 6) is 0. The summed E-state index contributed by atoms with van der Waals surface area (Å²) in [5, 5.41) is 0. The molecule has 0 saturated carbocycles. The van der Waals surface area contributed by atoms with Crippen molar-refractivity contribution in [3.05, 3.63) is 97.4 Å². The molecule has 0 aliphatic rings. The molecule has 2 aromatic rings. The van der Waals surface area contributed by atoms with Gasteiger partial charge in [-0.2, -0.15) is 0 Å². The van der Waals surface area contributed by atoms with E-state index in [2.05, 4.69) is 69.1 Å². The standard InChI is InChI=1S/C25H27N/c1-6-11-12-21(10-5)25-18-23(17-24(26-25)20(8-3)9-4)22-15-13-19(7-2)14-16-22/h7-10,12-18H,2-3,5-6,11H2,1,4H3/b20-9+,21-12+. The van der Waals surface area contributed by atoms with Crippen LogP contribution < -0.4 is 0 Å². The van der Waals surface area contributed by atoms with Crippen molar-refractivity contribution in [1.82, 2.24) is 4.98 Å². The number of nitrogens with zero attached hydrogens (tertiary/aromatic N) is 1. The number of pyridine rings is 1. The van der Waals surface area contributed by atoms with Gasteiger partial charge in [-0.25, -0.2) is 4.98 Å². The molecular weight excluding hydrogens is 314 g/mol. The first kappa shape index (κ1) is 19.4. The minimum atomic E-state index is 0.923. The molecule has 0 N–H and O–H groups in total. The minimum Gasteiger partial charge on any atom is -0.248 e. The van der Waals surface area contributed by atoms with Crippen LogP contribution in [0.25, 0.3) is 28.3 Å². The van der Waals surface area contributed by atoms with Gasteiger partial charge in [-0.05, 0) is 53.3 Å². The maximum absolute atomic E-state index is 4.86. The number of unbranched alkanes of at least 4 members (excludes halogenated alkanes) is 1. The van der Waals surface area contributed by atoms with Crippen LogP contribution in [-0.4, -0.2) is 4.98 Å². The van der Waals surface area contributed by atoms with E-state index in [-0.39, 0.29) is 0 Å². The number of benzene rings is 1. The van der Waals surface area contributed by atoms with Gasteiger partial charge in [0, 0.05) is 0 Å². The van der Waals surface area contributed by atoms with Crippen LogP contribution in [-0.2, 0) is 0 Å². The second kappa shape index (κ2) is 9.53. The summed E-state index contributed by atoms with van der Waals surface area (Å²) in [6.45, 7) is 15.9. The molecule has 0 saturated heterocycles. The zero-order valence-corrected chi connectivity index (χ0v) is 15.8. The Hall–Kier alpha value is -2.93. The maximum Gasteiger partial charge on any atom is 0.0712 e. The Morgan fingerprint density at radius 3 is 2.04 bits per heavy atom. The van der Waals surface area contributed by atoms with Gasteiger partial charge in [0.2, 0.25) is 0 Å². The van der Waals surface area contributed by atoms with E-state index in [1.807, 2.05) is 31.2 Å². The molecule has 0 radical (unpaired) electrons. The van der Waals surface area contributed by atoms with Gasteiger partial charge >= 0.3 is 0 Å². The number of aromatic nitrogens is 1. The van der Waals surface area contributed by atoms with Crippen LogP contribution in [0, 0.1) is 0 Å². The Kier molecular flexibility index (Phi) is 7.11. The Morgan fingerprint density at radius 1 is 0.923 bits per heavy atom. The van der Waals surface area contributed by atoms with Crippen molar-refractivity contribution in [3.63, 3.8) is 0 Å². The van der Waals surface area contributed by atoms with E-state index in [0.29, 0.717) is 0 Å². The van der Waals surface area contributed by atoms with Crippen LogP contribution in [0.15, 0.2) is 80.4 Å². The average Bonchev–Trinajstić information content (AvgIpc) is 2.69. The Morgan fingerprint density at radius 2 is 1.54 bits per heavy atom. The third kappa shape index (κ3) is 4.58. The Bertz CT molecular complexity index is 848. The van der Waals surface area contributed by atoms with Crippen molar-refractivity contribution in [2.75, 3.05) is 0 Å². The molecule has 0 aliphatic carbocycles. The number of hydrogen-bond acceptors (Lipinski definition) is 1. The van der Waals surface area contributed by atoms with E-state index >= 15 is 0 Å². The molecule has 0 aliphatic heterocycles. The highest BCUT2D eigenvalue weighted by Crippen LogP contribution is 2.28. The Balaban J connectivity index is 2.64. The zero-order chi connectivity index (χ0) is 18.9. The average molecular weight is 341 g/mol. The van der Waals surface area contributed by atoms with Crippen LogP contribution in [0.3, 0.4) is 0 Å². The van der Waals surface area contributed by atoms with E-state index in [9.17, 15) is 0 Å². The van der Waals surface area contributed by atoms with Gasteiger partial charge in [-0.1, -0.05) is 87.7 Å². The van der Waals surface area contributed by atoms with E-state index in [1.54, 1.807) is 0 Å². The lowest BCUT2D eigenvalue weighted by molar-refractivity contribution is 0.959. The lowest BCUT2D eigenvalue weighted by Crippen LogP contribution is -1.96. The lowest BCUT2D eigenvalue weighted by atomic mass is 9.98. The first-order chi connectivity index (χ1) is 12.7. The predicted molar refractivity (Wildman–Crippen MR) is 117 cm³/mol. The Labute approximate surface area is 157 Å². The molecular formula is C25H27N. The van der Waals surface area contributed by atoms with Crippen molar-refractivity contribution in [3.8, 4) is 11.1 Å². The fourth-order valence-corrected chi connectivity index (χ4v) is 2.77. The van der Waals surface area contributed by atoms with Gasteiger partial charge in [0.1, 0.15) is 0 Å². The predicted octanol–water partition coefficient (Wildman–Crippen LogP) is 7.35. The third-order valence-corrected chi connectivity index (χ3v) is 4.30. The topological polar surface area (TPSA) is 12.9 Å². The highest BCUT2D eigenvalue weighted by molar-refractivity contribution is 5.80. The summed E-state index contributed by atoms with van der Waals surface area (Å²) in [6.07, 6.45) is 11.9. The van der Waals surface area contributed by atoms with Crippen LogP contribution >= 0.6 is 0 Å². The van der Waals surface area contributed by atoms with Gasteiger partial charge in [-0.3, -0.25) is 0 Å². The highest BCUT2D eigenvalue weighted by Gasteiger charge is 2.09. The van der Waals surface area contributed by atoms with Crippen LogP contribution in [0.1, 0.15) is 43.6 Å². The first-order valence-electron chi connectivity index (χ1n) is 9.03. The molecule has 1 heteroatoms. The van der Waals surface area contributed by atoms with Crippen molar-refractivity contribution in [2.24, 2.45) is 0 Å². The molecule has 26 heavy (non-hydrogen) atoms. The van der Waals surface area contributed by atoms with Crippen molar-refractivity contribution in [1.29, 1.82) is 0 Å². The molecule has 0 atom stereocenters. The van der Waals surface area contributed by atoms with E-state index in [1.165, 1.54) is 0 Å². The fraction of sp³-hybridized carbons (Fsp3) is 0.160. The molecule has 1 aromatic heterocycles. The number of hydrogen-bond donors (Lipinski definition) is 0. The number of allylic oxidation sites excluding steroid dienone is 6. The number of rotatable bonds is 8. The second-order valence-corrected chi connectivity index (χ2v) is 6.05. The van der Waals surface area contributed by atoms with Gasteiger partial charge in [0.25, 0.3) is 0 Å². The first-order valence-corrected chi connectivity index (χ1v) is 9.03.